The van der Waals surface area contributed by atoms with Crippen LogP contribution in [0.1, 0.15) is 39.7 Å². The number of hydrogen-bond donors (Lipinski definition) is 1. The van der Waals surface area contributed by atoms with Crippen LogP contribution in [-0.2, 0) is 0 Å². The highest BCUT2D eigenvalue weighted by Gasteiger charge is 2.47. The molecule has 6 nitrogen and oxygen atoms in total. The molecule has 0 saturated carbocycles. The van der Waals surface area contributed by atoms with Crippen LogP contribution in [0.4, 0.5) is 9.70 Å². The molecule has 2 aliphatic rings. The lowest BCUT2D eigenvalue weighted by molar-refractivity contribution is 0.0977. The minimum atomic E-state index is -3.70. The first-order chi connectivity index (χ1) is 16.7. The molecule has 0 radical (unpaired) electrons. The number of hydrogen-bond acceptors (Lipinski definition) is 6. The zero-order valence-corrected chi connectivity index (χ0v) is 19.0. The van der Waals surface area contributed by atoms with Crippen LogP contribution >= 0.6 is 21.8 Å². The van der Waals surface area contributed by atoms with Gasteiger partial charge in [0.05, 0.1) is 0 Å². The largest absolute Gasteiger partial charge is 0.355 e. The molecule has 9 heteroatoms. The summed E-state index contributed by atoms with van der Waals surface area (Å²) >= 11 is 1.63. The maximum Gasteiger partial charge on any atom is 0.257 e. The fraction of sp³-hybridized carbons (Fsp3) is 0.304. The van der Waals surface area contributed by atoms with Gasteiger partial charge in [-0.3, -0.25) is 10.1 Å². The van der Waals surface area contributed by atoms with E-state index in [2.05, 4.69) is 25.9 Å². The van der Waals surface area contributed by atoms with E-state index < -0.39 is 33.5 Å². The number of aromatic nitrogens is 1. The minimum Gasteiger partial charge on any atom is -0.355 e. The molecule has 32 heavy (non-hydrogen) atoms. The maximum absolute atomic E-state index is 17.1. The Balaban J connectivity index is 1.48. The molecular weight excluding hydrogens is 445 g/mol. The van der Waals surface area contributed by atoms with E-state index in [1.54, 1.807) is 47.9 Å². The molecule has 2 aromatic heterocycles. The number of piperidine rings is 1. The molecule has 0 bridgehead atoms. The van der Waals surface area contributed by atoms with Gasteiger partial charge in [0.25, 0.3) is 5.91 Å². The normalized spacial score (nSPS) is 27.0. The Morgan fingerprint density at radius 2 is 2.16 bits per heavy atom. The number of halogens is 1. The number of benzene rings is 1. The summed E-state index contributed by atoms with van der Waals surface area (Å²) in [6.45, 7) is 0.184. The first kappa shape index (κ1) is 17.7. The van der Waals surface area contributed by atoms with Crippen LogP contribution in [0.3, 0.4) is 0 Å². The maximum atomic E-state index is 17.1. The van der Waals surface area contributed by atoms with Gasteiger partial charge in [0.15, 0.2) is 0 Å². The molecule has 1 N–H and O–H groups in total. The molecule has 3 aromatic rings. The predicted octanol–water partition coefficient (Wildman–Crippen LogP) is 5.40. The van der Waals surface area contributed by atoms with Crippen molar-refractivity contribution in [3.05, 3.63) is 59.1 Å². The minimum absolute atomic E-state index is 0.253. The Kier molecular flexibility index (Phi) is 4.60. The van der Waals surface area contributed by atoms with Gasteiger partial charge in [0.2, 0.25) is 5.17 Å². The van der Waals surface area contributed by atoms with Gasteiger partial charge >= 0.3 is 0 Å². The van der Waals surface area contributed by atoms with Gasteiger partial charge in [0, 0.05) is 54.7 Å². The van der Waals surface area contributed by atoms with Crippen molar-refractivity contribution < 1.29 is 12.8 Å². The SMILES string of the molecule is [2H]C([2H])([2H])C1=NN=C(NC(=O)c2ccccc2)S1(F)[C@@H]1CCCN(c2nccc3scc(C)c23)C1. The van der Waals surface area contributed by atoms with Gasteiger partial charge < -0.3 is 4.90 Å². The van der Waals surface area contributed by atoms with E-state index in [4.69, 9.17) is 4.11 Å². The Morgan fingerprint density at radius 3 is 2.97 bits per heavy atom. The number of pyridine rings is 1. The molecular formula is C23H24FN5OS2. The van der Waals surface area contributed by atoms with Gasteiger partial charge in [-0.1, -0.05) is 18.2 Å². The summed E-state index contributed by atoms with van der Waals surface area (Å²) in [6.07, 6.45) is 2.85. The lowest BCUT2D eigenvalue weighted by atomic mass is 10.1. The van der Waals surface area contributed by atoms with Crippen molar-refractivity contribution in [3.8, 4) is 0 Å². The van der Waals surface area contributed by atoms with Crippen LogP contribution in [0.2, 0.25) is 0 Å². The van der Waals surface area contributed by atoms with Crippen LogP contribution in [0.25, 0.3) is 10.1 Å². The summed E-state index contributed by atoms with van der Waals surface area (Å²) in [5, 5.41) is 11.7. The zero-order valence-electron chi connectivity index (χ0n) is 20.4. The van der Waals surface area contributed by atoms with Gasteiger partial charge in [-0.2, -0.15) is 3.89 Å². The Labute approximate surface area is 196 Å². The smallest absolute Gasteiger partial charge is 0.257 e. The predicted molar refractivity (Wildman–Crippen MR) is 133 cm³/mol. The number of nitrogens with zero attached hydrogens (tertiary/aromatic N) is 4. The van der Waals surface area contributed by atoms with Crippen LogP contribution < -0.4 is 10.2 Å². The quantitative estimate of drug-likeness (QED) is 0.555. The number of fused-ring (bicyclic) bond motifs is 1. The highest BCUT2D eigenvalue weighted by molar-refractivity contribution is 8.53. The molecule has 1 saturated heterocycles. The lowest BCUT2D eigenvalue weighted by Crippen LogP contribution is -2.45. The molecule has 2 aliphatic heterocycles. The third-order valence-electron chi connectivity index (χ3n) is 5.84. The summed E-state index contributed by atoms with van der Waals surface area (Å²) in [5.41, 5.74) is 1.42. The number of anilines is 1. The number of amidine groups is 1. The fourth-order valence-electron chi connectivity index (χ4n) is 4.22. The molecule has 0 aliphatic carbocycles. The Hall–Kier alpha value is -2.78. The zero-order chi connectivity index (χ0) is 24.8. The number of aryl methyl sites for hydroxylation is 1. The van der Waals surface area contributed by atoms with E-state index in [1.165, 1.54) is 0 Å². The van der Waals surface area contributed by atoms with Crippen LogP contribution in [0, 0.1) is 6.92 Å². The molecule has 1 fully saturated rings. The number of rotatable bonds is 3. The van der Waals surface area contributed by atoms with E-state index >= 15 is 3.89 Å². The standard InChI is InChI=1S/C23H24FN5OS2/c1-15-14-31-19-10-11-25-21(20(15)19)29-12-6-9-18(13-29)32(24)16(2)27-28-23(32)26-22(30)17-7-4-3-5-8-17/h3-5,7-8,10-11,14,18H,6,9,12-13H2,1-2H3,(H,26,28,30)/t18-/m1/s1/i2D3. The second-order valence-electron chi connectivity index (χ2n) is 7.85. The average molecular weight is 473 g/mol. The Morgan fingerprint density at radius 1 is 1.31 bits per heavy atom. The van der Waals surface area contributed by atoms with Crippen LogP contribution in [0.5, 0.6) is 0 Å². The van der Waals surface area contributed by atoms with Gasteiger partial charge in [-0.05, 0) is 55.8 Å². The highest BCUT2D eigenvalue weighted by atomic mass is 32.3. The average Bonchev–Trinajstić information content (AvgIpc) is 3.40. The van der Waals surface area contributed by atoms with E-state index in [9.17, 15) is 4.79 Å². The summed E-state index contributed by atoms with van der Waals surface area (Å²) in [5.74, 6) is 0.222. The summed E-state index contributed by atoms with van der Waals surface area (Å²) in [7, 11) is -3.70. The van der Waals surface area contributed by atoms with Gasteiger partial charge in [0.1, 0.15) is 10.9 Å². The van der Waals surface area contributed by atoms with Crippen molar-refractivity contribution in [2.45, 2.75) is 31.9 Å². The first-order valence-corrected chi connectivity index (χ1v) is 12.8. The Bertz CT molecular complexity index is 1340. The van der Waals surface area contributed by atoms with E-state index in [0.717, 1.165) is 21.5 Å². The van der Waals surface area contributed by atoms with Crippen LogP contribution in [-0.4, -0.2) is 39.4 Å². The molecule has 1 unspecified atom stereocenters. The molecule has 166 valence electrons. The van der Waals surface area contributed by atoms with Crippen molar-refractivity contribution in [2.24, 2.45) is 10.2 Å². The van der Waals surface area contributed by atoms with E-state index in [-0.39, 0.29) is 11.7 Å². The van der Waals surface area contributed by atoms with Crippen molar-refractivity contribution in [1.29, 1.82) is 0 Å². The van der Waals surface area contributed by atoms with Crippen molar-refractivity contribution in [1.82, 2.24) is 10.3 Å². The number of nitrogens with one attached hydrogen (secondary N) is 1. The number of carbonyl (C=O) groups excluding carboxylic acids is 1. The highest BCUT2D eigenvalue weighted by Crippen LogP contribution is 2.60. The summed E-state index contributed by atoms with van der Waals surface area (Å²) < 4.78 is 42.0. The molecule has 1 aromatic carbocycles. The van der Waals surface area contributed by atoms with E-state index in [0.29, 0.717) is 24.9 Å². The lowest BCUT2D eigenvalue weighted by Gasteiger charge is -2.42. The van der Waals surface area contributed by atoms with E-state index in [1.807, 2.05) is 17.9 Å². The van der Waals surface area contributed by atoms with Crippen molar-refractivity contribution >= 4 is 53.8 Å². The summed E-state index contributed by atoms with van der Waals surface area (Å²) in [4.78, 5) is 19.4. The number of thiophene rings is 1. The van der Waals surface area contributed by atoms with Gasteiger partial charge in [-0.25, -0.2) is 4.98 Å². The molecule has 1 amide bonds. The number of carbonyl (C=O) groups is 1. The fourth-order valence-corrected chi connectivity index (χ4v) is 7.41. The molecule has 0 spiro atoms. The molecule has 5 rings (SSSR count). The molecule has 2 atom stereocenters. The van der Waals surface area contributed by atoms with Crippen molar-refractivity contribution in [3.63, 3.8) is 0 Å². The third-order valence-corrected chi connectivity index (χ3v) is 9.60. The monoisotopic (exact) mass is 472 g/mol. The van der Waals surface area contributed by atoms with Gasteiger partial charge in [-0.15, -0.1) is 21.5 Å². The summed E-state index contributed by atoms with van der Waals surface area (Å²) in [6, 6.07) is 10.3. The second-order valence-corrected chi connectivity index (χ2v) is 11.4. The first-order valence-electron chi connectivity index (χ1n) is 11.8. The number of amides is 1. The second kappa shape index (κ2) is 8.29. The van der Waals surface area contributed by atoms with Crippen molar-refractivity contribution in [2.75, 3.05) is 18.0 Å². The topological polar surface area (TPSA) is 70.0 Å². The molecule has 4 heterocycles. The van der Waals surface area contributed by atoms with Crippen LogP contribution in [0.15, 0.2) is 58.2 Å². The third kappa shape index (κ3) is 3.49.